The zero-order chi connectivity index (χ0) is 34.2. The largest absolute Gasteiger partial charge is 0.497 e. The van der Waals surface area contributed by atoms with E-state index in [2.05, 4.69) is 26.3 Å². The summed E-state index contributed by atoms with van der Waals surface area (Å²) in [5, 5.41) is 17.2. The number of methoxy groups -OCH3 is 2. The molecule has 14 nitrogen and oxygen atoms in total. The number of hydrogen-bond donors (Lipinski definition) is 4. The Bertz CT molecular complexity index is 1540. The molecule has 2 aromatic carbocycles. The monoisotopic (exact) mass is 648 g/mol. The smallest absolute Gasteiger partial charge is 0.246 e. The zero-order valence-corrected chi connectivity index (χ0v) is 27.6. The van der Waals surface area contributed by atoms with E-state index in [1.54, 1.807) is 57.3 Å². The molecule has 47 heavy (non-hydrogen) atoms. The Hall–Kier alpha value is -4.98. The summed E-state index contributed by atoms with van der Waals surface area (Å²) in [7, 11) is 4.76. The maximum absolute atomic E-state index is 14.1. The van der Waals surface area contributed by atoms with Crippen LogP contribution in [-0.4, -0.2) is 95.5 Å². The summed E-state index contributed by atoms with van der Waals surface area (Å²) in [6, 6.07) is 10.7. The highest BCUT2D eigenvalue weighted by atomic mass is 16.5. The molecule has 252 valence electrons. The van der Waals surface area contributed by atoms with Gasteiger partial charge in [-0.05, 0) is 37.6 Å². The SMILES string of the molecule is CN[C@@H](C)C(=O)N[C@H](C(=O)N1C[C@H](n2cc(-c3cc(OC)cc(OC)c3)nn2)C[C@H]1C(=O)N[C@@H](Cc1ccccc1)C(N)=O)C(C)C. The standard InChI is InChI=1S/C33H44N8O6/c1-19(2)29(37-31(43)20(3)35-4)33(45)40-17-23(41-18-27(38-39-41)22-13-24(46-5)16-25(14-22)47-6)15-28(40)32(44)36-26(30(34)42)12-21-10-8-7-9-11-21/h7-11,13-14,16,18-20,23,26,28-29,35H,12,15,17H2,1-6H3,(H2,34,42)(H,36,44)(H,37,43)/t20-,23+,26-,28-,29-/m0/s1. The summed E-state index contributed by atoms with van der Waals surface area (Å²) in [6.07, 6.45) is 2.11. The molecule has 1 saturated heterocycles. The lowest BCUT2D eigenvalue weighted by atomic mass is 10.0. The van der Waals surface area contributed by atoms with E-state index in [-0.39, 0.29) is 31.2 Å². The summed E-state index contributed by atoms with van der Waals surface area (Å²) in [5.41, 5.74) is 7.77. The Morgan fingerprint density at radius 2 is 1.66 bits per heavy atom. The number of benzene rings is 2. The minimum Gasteiger partial charge on any atom is -0.497 e. The van der Waals surface area contributed by atoms with Gasteiger partial charge in [0, 0.05) is 31.0 Å². The van der Waals surface area contributed by atoms with Crippen LogP contribution in [0.3, 0.4) is 0 Å². The van der Waals surface area contributed by atoms with Crippen LogP contribution in [0.15, 0.2) is 54.7 Å². The van der Waals surface area contributed by atoms with Crippen LogP contribution >= 0.6 is 0 Å². The molecule has 1 fully saturated rings. The third-order valence-corrected chi connectivity index (χ3v) is 8.40. The van der Waals surface area contributed by atoms with E-state index in [1.165, 1.54) is 4.90 Å². The van der Waals surface area contributed by atoms with E-state index < -0.39 is 47.9 Å². The van der Waals surface area contributed by atoms with Crippen LogP contribution in [0.5, 0.6) is 11.5 Å². The van der Waals surface area contributed by atoms with Crippen molar-refractivity contribution in [3.63, 3.8) is 0 Å². The van der Waals surface area contributed by atoms with Crippen molar-refractivity contribution in [1.29, 1.82) is 0 Å². The molecule has 1 aliphatic rings. The van der Waals surface area contributed by atoms with Crippen molar-refractivity contribution in [3.8, 4) is 22.8 Å². The molecule has 5 N–H and O–H groups in total. The summed E-state index contributed by atoms with van der Waals surface area (Å²) in [5.74, 6) is -1.11. The van der Waals surface area contributed by atoms with Crippen LogP contribution in [0.4, 0.5) is 0 Å². The first-order valence-electron chi connectivity index (χ1n) is 15.5. The lowest BCUT2D eigenvalue weighted by Crippen LogP contribution is -2.58. The number of aromatic nitrogens is 3. The third kappa shape index (κ3) is 8.44. The quantitative estimate of drug-likeness (QED) is 0.199. The molecule has 5 atom stereocenters. The second-order valence-corrected chi connectivity index (χ2v) is 12.0. The number of nitrogens with two attached hydrogens (primary N) is 1. The molecule has 0 spiro atoms. The van der Waals surface area contributed by atoms with Gasteiger partial charge in [-0.1, -0.05) is 49.4 Å². The molecule has 0 unspecified atom stereocenters. The number of primary amides is 1. The maximum atomic E-state index is 14.1. The highest BCUT2D eigenvalue weighted by molar-refractivity contribution is 5.95. The highest BCUT2D eigenvalue weighted by Gasteiger charge is 2.44. The number of nitrogens with zero attached hydrogens (tertiary/aromatic N) is 4. The van der Waals surface area contributed by atoms with E-state index in [4.69, 9.17) is 15.2 Å². The van der Waals surface area contributed by atoms with Crippen LogP contribution in [0.2, 0.25) is 0 Å². The molecule has 4 amide bonds. The van der Waals surface area contributed by atoms with Gasteiger partial charge in [-0.3, -0.25) is 19.2 Å². The van der Waals surface area contributed by atoms with Gasteiger partial charge in [0.2, 0.25) is 23.6 Å². The summed E-state index contributed by atoms with van der Waals surface area (Å²) in [4.78, 5) is 54.7. The molecule has 0 aliphatic carbocycles. The predicted octanol–water partition coefficient (Wildman–Crippen LogP) is 1.07. The van der Waals surface area contributed by atoms with Gasteiger partial charge >= 0.3 is 0 Å². The Balaban J connectivity index is 1.64. The van der Waals surface area contributed by atoms with Gasteiger partial charge in [0.15, 0.2) is 0 Å². The average molecular weight is 649 g/mol. The normalized spacial score (nSPS) is 17.9. The maximum Gasteiger partial charge on any atom is 0.246 e. The minimum absolute atomic E-state index is 0.113. The van der Waals surface area contributed by atoms with Gasteiger partial charge in [-0.25, -0.2) is 4.68 Å². The highest BCUT2D eigenvalue weighted by Crippen LogP contribution is 2.32. The van der Waals surface area contributed by atoms with Crippen molar-refractivity contribution in [2.75, 3.05) is 27.8 Å². The lowest BCUT2D eigenvalue weighted by Gasteiger charge is -2.31. The number of likely N-dealkylation sites (tertiary alicyclic amines) is 1. The van der Waals surface area contributed by atoms with Crippen LogP contribution < -0.4 is 31.2 Å². The fourth-order valence-corrected chi connectivity index (χ4v) is 5.48. The summed E-state index contributed by atoms with van der Waals surface area (Å²) >= 11 is 0. The number of ether oxygens (including phenoxy) is 2. The van der Waals surface area contributed by atoms with Crippen molar-refractivity contribution >= 4 is 23.6 Å². The van der Waals surface area contributed by atoms with Gasteiger partial charge in [0.25, 0.3) is 0 Å². The number of likely N-dealkylation sites (N-methyl/N-ethyl adjacent to an activating group) is 1. The fourth-order valence-electron chi connectivity index (χ4n) is 5.48. The third-order valence-electron chi connectivity index (χ3n) is 8.40. The number of hydrogen-bond acceptors (Lipinski definition) is 9. The molecule has 14 heteroatoms. The van der Waals surface area contributed by atoms with Crippen LogP contribution in [-0.2, 0) is 25.6 Å². The van der Waals surface area contributed by atoms with Crippen LogP contribution in [0.1, 0.15) is 38.8 Å². The van der Waals surface area contributed by atoms with Crippen molar-refractivity contribution in [2.24, 2.45) is 11.7 Å². The van der Waals surface area contributed by atoms with Crippen molar-refractivity contribution < 1.29 is 28.7 Å². The van der Waals surface area contributed by atoms with Gasteiger partial charge < -0.3 is 36.1 Å². The second kappa shape index (κ2) is 15.5. The Morgan fingerprint density at radius 1 is 1.00 bits per heavy atom. The second-order valence-electron chi connectivity index (χ2n) is 12.0. The number of carbonyl (C=O) groups is 4. The number of rotatable bonds is 14. The molecular weight excluding hydrogens is 604 g/mol. The Morgan fingerprint density at radius 3 is 2.23 bits per heavy atom. The number of amides is 4. The molecule has 0 saturated carbocycles. The van der Waals surface area contributed by atoms with Crippen LogP contribution in [0, 0.1) is 5.92 Å². The predicted molar refractivity (Wildman–Crippen MR) is 174 cm³/mol. The van der Waals surface area contributed by atoms with Gasteiger partial charge in [0.05, 0.1) is 32.5 Å². The molecule has 1 aromatic heterocycles. The van der Waals surface area contributed by atoms with Gasteiger partial charge in [-0.15, -0.1) is 5.10 Å². The fraction of sp³-hybridized carbons (Fsp3) is 0.455. The molecule has 0 radical (unpaired) electrons. The number of carbonyl (C=O) groups excluding carboxylic acids is 4. The molecule has 2 heterocycles. The van der Waals surface area contributed by atoms with Crippen molar-refractivity contribution in [1.82, 2.24) is 35.8 Å². The van der Waals surface area contributed by atoms with E-state index in [1.807, 2.05) is 44.2 Å². The first-order chi connectivity index (χ1) is 22.4. The van der Waals surface area contributed by atoms with Crippen molar-refractivity contribution in [2.45, 2.75) is 63.8 Å². The van der Waals surface area contributed by atoms with Gasteiger partial charge in [-0.2, -0.15) is 0 Å². The average Bonchev–Trinajstić information content (AvgIpc) is 3.74. The molecule has 4 rings (SSSR count). The first-order valence-corrected chi connectivity index (χ1v) is 15.5. The molecule has 1 aliphatic heterocycles. The first kappa shape index (κ1) is 34.9. The molecule has 0 bridgehead atoms. The Labute approximate surface area is 274 Å². The van der Waals surface area contributed by atoms with E-state index in [0.29, 0.717) is 22.8 Å². The van der Waals surface area contributed by atoms with E-state index in [9.17, 15) is 19.2 Å². The number of nitrogens with one attached hydrogen (secondary N) is 3. The topological polar surface area (TPSA) is 183 Å². The van der Waals surface area contributed by atoms with E-state index >= 15 is 0 Å². The van der Waals surface area contributed by atoms with Gasteiger partial charge in [0.1, 0.15) is 35.3 Å². The van der Waals surface area contributed by atoms with Crippen molar-refractivity contribution in [3.05, 3.63) is 60.3 Å². The Kier molecular flexibility index (Phi) is 11.5. The molecule has 3 aromatic rings. The van der Waals surface area contributed by atoms with E-state index in [0.717, 1.165) is 5.56 Å². The molecular formula is C33H44N8O6. The summed E-state index contributed by atoms with van der Waals surface area (Å²) < 4.78 is 12.4. The van der Waals surface area contributed by atoms with Crippen LogP contribution in [0.25, 0.3) is 11.3 Å². The zero-order valence-electron chi connectivity index (χ0n) is 27.6. The lowest BCUT2D eigenvalue weighted by molar-refractivity contribution is -0.143. The summed E-state index contributed by atoms with van der Waals surface area (Å²) in [6.45, 7) is 5.45. The minimum atomic E-state index is -1.00.